The minimum atomic E-state index is -0.396. The molecule has 0 amide bonds. The Kier molecular flexibility index (Phi) is 4.27. The van der Waals surface area contributed by atoms with Crippen molar-refractivity contribution in [1.29, 1.82) is 0 Å². The standard InChI is InChI=1S/C20H19FN6/c1-12(2)27-11-18-20(26-27)16(7-9-23-18)25-14-6-8-22-17(10-14)19-15(21)5-4-13(3)24-19/h4-12H,1-3H3,(H,22,25). The summed E-state index contributed by atoms with van der Waals surface area (Å²) < 4.78 is 16.0. The zero-order chi connectivity index (χ0) is 19.0. The zero-order valence-electron chi connectivity index (χ0n) is 15.3. The summed E-state index contributed by atoms with van der Waals surface area (Å²) in [6.07, 6.45) is 5.29. The van der Waals surface area contributed by atoms with Gasteiger partial charge < -0.3 is 5.32 Å². The van der Waals surface area contributed by atoms with Gasteiger partial charge in [-0.25, -0.2) is 9.37 Å². The van der Waals surface area contributed by atoms with Gasteiger partial charge in [-0.2, -0.15) is 5.10 Å². The largest absolute Gasteiger partial charge is 0.353 e. The highest BCUT2D eigenvalue weighted by molar-refractivity contribution is 5.89. The third kappa shape index (κ3) is 3.36. The molecule has 0 radical (unpaired) electrons. The molecule has 0 aromatic carbocycles. The Morgan fingerprint density at radius 2 is 1.89 bits per heavy atom. The number of halogens is 1. The van der Waals surface area contributed by atoms with Crippen molar-refractivity contribution in [3.8, 4) is 11.4 Å². The van der Waals surface area contributed by atoms with Gasteiger partial charge in [-0.3, -0.25) is 14.6 Å². The fraction of sp³-hybridized carbons (Fsp3) is 0.200. The van der Waals surface area contributed by atoms with Crippen LogP contribution in [0.25, 0.3) is 22.4 Å². The van der Waals surface area contributed by atoms with E-state index in [1.807, 2.05) is 29.9 Å². The van der Waals surface area contributed by atoms with Crippen LogP contribution in [0.2, 0.25) is 0 Å². The quantitative estimate of drug-likeness (QED) is 0.572. The number of hydrogen-bond donors (Lipinski definition) is 1. The van der Waals surface area contributed by atoms with Crippen LogP contribution in [0.15, 0.2) is 48.9 Å². The highest BCUT2D eigenvalue weighted by Crippen LogP contribution is 2.27. The Morgan fingerprint density at radius 3 is 2.70 bits per heavy atom. The summed E-state index contributed by atoms with van der Waals surface area (Å²) in [5, 5.41) is 7.96. The molecule has 4 rings (SSSR count). The molecule has 0 unspecified atom stereocenters. The SMILES string of the molecule is Cc1ccc(F)c(-c2cc(Nc3ccnc4cn(C(C)C)nc34)ccn2)n1. The van der Waals surface area contributed by atoms with Crippen LogP contribution < -0.4 is 5.32 Å². The molecule has 0 aliphatic heterocycles. The zero-order valence-corrected chi connectivity index (χ0v) is 15.3. The molecular formula is C20H19FN6. The number of hydrogen-bond acceptors (Lipinski definition) is 5. The molecule has 7 heteroatoms. The van der Waals surface area contributed by atoms with E-state index in [-0.39, 0.29) is 11.7 Å². The van der Waals surface area contributed by atoms with E-state index in [0.29, 0.717) is 5.69 Å². The molecule has 0 saturated carbocycles. The highest BCUT2D eigenvalue weighted by atomic mass is 19.1. The van der Waals surface area contributed by atoms with Crippen LogP contribution in [0.3, 0.4) is 0 Å². The van der Waals surface area contributed by atoms with Crippen LogP contribution in [0.4, 0.5) is 15.8 Å². The van der Waals surface area contributed by atoms with Crippen LogP contribution in [0.5, 0.6) is 0 Å². The first-order chi connectivity index (χ1) is 13.0. The number of anilines is 2. The molecule has 4 heterocycles. The normalized spacial score (nSPS) is 11.3. The maximum atomic E-state index is 14.2. The van der Waals surface area contributed by atoms with E-state index in [4.69, 9.17) is 0 Å². The molecule has 0 atom stereocenters. The van der Waals surface area contributed by atoms with Crippen molar-refractivity contribution in [3.05, 3.63) is 60.4 Å². The average molecular weight is 362 g/mol. The molecule has 0 aliphatic rings. The van der Waals surface area contributed by atoms with Crippen molar-refractivity contribution in [3.63, 3.8) is 0 Å². The maximum absolute atomic E-state index is 14.2. The average Bonchev–Trinajstić information content (AvgIpc) is 3.10. The lowest BCUT2D eigenvalue weighted by Crippen LogP contribution is -2.00. The van der Waals surface area contributed by atoms with Gasteiger partial charge in [0.25, 0.3) is 0 Å². The van der Waals surface area contributed by atoms with Crippen LogP contribution >= 0.6 is 0 Å². The van der Waals surface area contributed by atoms with Gasteiger partial charge in [0.2, 0.25) is 0 Å². The molecule has 4 aromatic heterocycles. The fourth-order valence-electron chi connectivity index (χ4n) is 2.82. The first-order valence-corrected chi connectivity index (χ1v) is 8.72. The second-order valence-corrected chi connectivity index (χ2v) is 6.63. The number of rotatable bonds is 4. The Balaban J connectivity index is 1.72. The van der Waals surface area contributed by atoms with E-state index < -0.39 is 5.82 Å². The van der Waals surface area contributed by atoms with Crippen molar-refractivity contribution < 1.29 is 4.39 Å². The van der Waals surface area contributed by atoms with E-state index in [1.54, 1.807) is 24.5 Å². The van der Waals surface area contributed by atoms with E-state index in [9.17, 15) is 4.39 Å². The van der Waals surface area contributed by atoms with Gasteiger partial charge in [0.1, 0.15) is 16.7 Å². The molecule has 1 N–H and O–H groups in total. The topological polar surface area (TPSA) is 68.5 Å². The summed E-state index contributed by atoms with van der Waals surface area (Å²) in [5.74, 6) is -0.396. The lowest BCUT2D eigenvalue weighted by Gasteiger charge is -2.09. The Hall–Kier alpha value is -3.35. The van der Waals surface area contributed by atoms with Crippen molar-refractivity contribution in [2.75, 3.05) is 5.32 Å². The molecule has 0 saturated heterocycles. The summed E-state index contributed by atoms with van der Waals surface area (Å²) >= 11 is 0. The van der Waals surface area contributed by atoms with Crippen LogP contribution in [0, 0.1) is 12.7 Å². The first kappa shape index (κ1) is 17.1. The van der Waals surface area contributed by atoms with Gasteiger partial charge in [0.05, 0.1) is 17.6 Å². The lowest BCUT2D eigenvalue weighted by atomic mass is 10.2. The van der Waals surface area contributed by atoms with Gasteiger partial charge in [-0.15, -0.1) is 0 Å². The van der Waals surface area contributed by atoms with Gasteiger partial charge in [0.15, 0.2) is 5.82 Å². The second kappa shape index (κ2) is 6.75. The van der Waals surface area contributed by atoms with E-state index in [1.165, 1.54) is 6.07 Å². The third-order valence-electron chi connectivity index (χ3n) is 4.22. The monoisotopic (exact) mass is 362 g/mol. The Labute approximate surface area is 156 Å². The fourth-order valence-corrected chi connectivity index (χ4v) is 2.82. The smallest absolute Gasteiger partial charge is 0.151 e. The summed E-state index contributed by atoms with van der Waals surface area (Å²) in [6.45, 7) is 5.96. The van der Waals surface area contributed by atoms with Gasteiger partial charge in [-0.1, -0.05) is 0 Å². The van der Waals surface area contributed by atoms with Gasteiger partial charge >= 0.3 is 0 Å². The lowest BCUT2D eigenvalue weighted by molar-refractivity contribution is 0.537. The second-order valence-electron chi connectivity index (χ2n) is 6.63. The molecule has 4 aromatic rings. The number of pyridine rings is 3. The van der Waals surface area contributed by atoms with Crippen molar-refractivity contribution in [1.82, 2.24) is 24.7 Å². The molecule has 136 valence electrons. The van der Waals surface area contributed by atoms with Crippen molar-refractivity contribution >= 4 is 22.4 Å². The number of nitrogens with one attached hydrogen (secondary N) is 1. The molecule has 0 fully saturated rings. The van der Waals surface area contributed by atoms with Crippen LogP contribution in [0.1, 0.15) is 25.6 Å². The molecule has 0 aliphatic carbocycles. The highest BCUT2D eigenvalue weighted by Gasteiger charge is 2.12. The van der Waals surface area contributed by atoms with Gasteiger partial charge in [0, 0.05) is 29.8 Å². The maximum Gasteiger partial charge on any atom is 0.151 e. The van der Waals surface area contributed by atoms with E-state index >= 15 is 0 Å². The van der Waals surface area contributed by atoms with Crippen LogP contribution in [-0.4, -0.2) is 24.7 Å². The Morgan fingerprint density at radius 1 is 1.07 bits per heavy atom. The summed E-state index contributed by atoms with van der Waals surface area (Å²) in [6, 6.07) is 8.75. The predicted octanol–water partition coefficient (Wildman–Crippen LogP) is 4.66. The van der Waals surface area contributed by atoms with Gasteiger partial charge in [-0.05, 0) is 51.1 Å². The number of aromatic nitrogens is 5. The summed E-state index contributed by atoms with van der Waals surface area (Å²) in [4.78, 5) is 12.9. The van der Waals surface area contributed by atoms with Crippen LogP contribution in [-0.2, 0) is 0 Å². The minimum Gasteiger partial charge on any atom is -0.353 e. The summed E-state index contributed by atoms with van der Waals surface area (Å²) in [5.41, 5.74) is 4.64. The number of aryl methyl sites for hydroxylation is 1. The molecule has 0 spiro atoms. The molecular weight excluding hydrogens is 343 g/mol. The molecule has 0 bridgehead atoms. The van der Waals surface area contributed by atoms with E-state index in [0.717, 1.165) is 28.1 Å². The minimum absolute atomic E-state index is 0.239. The van der Waals surface area contributed by atoms with E-state index in [2.05, 4.69) is 39.2 Å². The van der Waals surface area contributed by atoms with Crippen molar-refractivity contribution in [2.45, 2.75) is 26.8 Å². The number of fused-ring (bicyclic) bond motifs is 1. The molecule has 6 nitrogen and oxygen atoms in total. The third-order valence-corrected chi connectivity index (χ3v) is 4.22. The number of nitrogens with zero attached hydrogens (tertiary/aromatic N) is 5. The Bertz CT molecular complexity index is 1120. The first-order valence-electron chi connectivity index (χ1n) is 8.72. The van der Waals surface area contributed by atoms with Crippen molar-refractivity contribution in [2.24, 2.45) is 0 Å². The summed E-state index contributed by atoms with van der Waals surface area (Å²) in [7, 11) is 0. The predicted molar refractivity (Wildman–Crippen MR) is 103 cm³/mol. The molecule has 27 heavy (non-hydrogen) atoms.